The standard InChI is InChI=1S/C17H22ClNO2/c1-13(20)11-15-8-3-2-6-10-19(15)17(21)12-14-7-4-5-9-16(14)18/h4-5,7,9,15H,2-3,6,8,10-12H2,1H3. The van der Waals surface area contributed by atoms with E-state index in [-0.39, 0.29) is 17.7 Å². The molecule has 1 aliphatic heterocycles. The molecule has 0 saturated carbocycles. The fourth-order valence-electron chi connectivity index (χ4n) is 2.96. The van der Waals surface area contributed by atoms with Crippen LogP contribution in [0.4, 0.5) is 0 Å². The molecule has 1 aliphatic rings. The maximum Gasteiger partial charge on any atom is 0.227 e. The number of benzene rings is 1. The van der Waals surface area contributed by atoms with Gasteiger partial charge in [0.2, 0.25) is 5.91 Å². The summed E-state index contributed by atoms with van der Waals surface area (Å²) < 4.78 is 0. The number of hydrogen-bond acceptors (Lipinski definition) is 2. The van der Waals surface area contributed by atoms with E-state index >= 15 is 0 Å². The molecule has 0 radical (unpaired) electrons. The highest BCUT2D eigenvalue weighted by Gasteiger charge is 2.26. The third kappa shape index (κ3) is 4.57. The van der Waals surface area contributed by atoms with Gasteiger partial charge in [-0.3, -0.25) is 9.59 Å². The molecule has 1 amide bonds. The quantitative estimate of drug-likeness (QED) is 0.851. The predicted molar refractivity (Wildman–Crippen MR) is 84.4 cm³/mol. The Hall–Kier alpha value is -1.35. The van der Waals surface area contributed by atoms with Crippen molar-refractivity contribution in [2.24, 2.45) is 0 Å². The zero-order chi connectivity index (χ0) is 15.2. The van der Waals surface area contributed by atoms with Gasteiger partial charge >= 0.3 is 0 Å². The Balaban J connectivity index is 2.10. The molecule has 21 heavy (non-hydrogen) atoms. The third-order valence-corrected chi connectivity index (χ3v) is 4.39. The van der Waals surface area contributed by atoms with Crippen LogP contribution in [0.3, 0.4) is 0 Å². The average Bonchev–Trinajstić information content (AvgIpc) is 2.66. The molecule has 0 aliphatic carbocycles. The van der Waals surface area contributed by atoms with Crippen molar-refractivity contribution in [2.75, 3.05) is 6.54 Å². The molecule has 0 bridgehead atoms. The summed E-state index contributed by atoms with van der Waals surface area (Å²) in [4.78, 5) is 26.0. The summed E-state index contributed by atoms with van der Waals surface area (Å²) in [5, 5.41) is 0.629. The summed E-state index contributed by atoms with van der Waals surface area (Å²) in [7, 11) is 0. The Kier molecular flexibility index (Phi) is 5.80. The molecule has 0 spiro atoms. The van der Waals surface area contributed by atoms with E-state index in [0.29, 0.717) is 17.9 Å². The second kappa shape index (κ2) is 7.60. The van der Waals surface area contributed by atoms with Crippen molar-refractivity contribution >= 4 is 23.3 Å². The zero-order valence-electron chi connectivity index (χ0n) is 12.5. The molecule has 1 heterocycles. The Morgan fingerprint density at radius 3 is 2.71 bits per heavy atom. The van der Waals surface area contributed by atoms with Gasteiger partial charge in [-0.2, -0.15) is 0 Å². The van der Waals surface area contributed by atoms with Crippen molar-refractivity contribution in [1.29, 1.82) is 0 Å². The van der Waals surface area contributed by atoms with Crippen LogP contribution >= 0.6 is 11.6 Å². The first-order chi connectivity index (χ1) is 10.1. The highest BCUT2D eigenvalue weighted by molar-refractivity contribution is 6.31. The van der Waals surface area contributed by atoms with Gasteiger partial charge in [0.25, 0.3) is 0 Å². The molecule has 0 N–H and O–H groups in total. The minimum absolute atomic E-state index is 0.0555. The number of ketones is 1. The minimum atomic E-state index is 0.0555. The molecule has 3 nitrogen and oxygen atoms in total. The van der Waals surface area contributed by atoms with Crippen LogP contribution in [0.1, 0.15) is 44.6 Å². The van der Waals surface area contributed by atoms with E-state index < -0.39 is 0 Å². The lowest BCUT2D eigenvalue weighted by Crippen LogP contribution is -2.41. The van der Waals surface area contributed by atoms with Crippen molar-refractivity contribution < 1.29 is 9.59 Å². The number of Topliss-reactive ketones (excluding diaryl/α,β-unsaturated/α-hetero) is 1. The molecular weight excluding hydrogens is 286 g/mol. The molecule has 114 valence electrons. The van der Waals surface area contributed by atoms with E-state index in [9.17, 15) is 9.59 Å². The monoisotopic (exact) mass is 307 g/mol. The smallest absolute Gasteiger partial charge is 0.227 e. The zero-order valence-corrected chi connectivity index (χ0v) is 13.2. The Morgan fingerprint density at radius 2 is 2.00 bits per heavy atom. The van der Waals surface area contributed by atoms with E-state index in [1.807, 2.05) is 23.1 Å². The van der Waals surface area contributed by atoms with E-state index in [0.717, 1.165) is 37.8 Å². The molecule has 1 atom stereocenters. The van der Waals surface area contributed by atoms with E-state index in [4.69, 9.17) is 11.6 Å². The lowest BCUT2D eigenvalue weighted by molar-refractivity contribution is -0.133. The Bertz CT molecular complexity index is 515. The van der Waals surface area contributed by atoms with Gasteiger partial charge in [0.15, 0.2) is 0 Å². The van der Waals surface area contributed by atoms with Crippen LogP contribution in [-0.4, -0.2) is 29.2 Å². The van der Waals surface area contributed by atoms with Crippen LogP contribution in [0.2, 0.25) is 5.02 Å². The van der Waals surface area contributed by atoms with Gasteiger partial charge in [-0.25, -0.2) is 0 Å². The molecule has 1 aromatic rings. The van der Waals surface area contributed by atoms with Gasteiger partial charge in [0, 0.05) is 24.0 Å². The summed E-state index contributed by atoms with van der Waals surface area (Å²) in [5.41, 5.74) is 0.856. The highest BCUT2D eigenvalue weighted by atomic mass is 35.5. The molecule has 1 unspecified atom stereocenters. The van der Waals surface area contributed by atoms with Crippen molar-refractivity contribution in [3.05, 3.63) is 34.9 Å². The molecule has 1 aromatic carbocycles. The largest absolute Gasteiger partial charge is 0.339 e. The second-order valence-corrected chi connectivity index (χ2v) is 6.17. The summed E-state index contributed by atoms with van der Waals surface area (Å²) >= 11 is 6.14. The van der Waals surface area contributed by atoms with Gasteiger partial charge in [-0.1, -0.05) is 42.6 Å². The highest BCUT2D eigenvalue weighted by Crippen LogP contribution is 2.22. The maximum absolute atomic E-state index is 12.6. The molecule has 0 aromatic heterocycles. The molecule has 4 heteroatoms. The van der Waals surface area contributed by atoms with Crippen LogP contribution in [0, 0.1) is 0 Å². The fraction of sp³-hybridized carbons (Fsp3) is 0.529. The lowest BCUT2D eigenvalue weighted by Gasteiger charge is -2.29. The minimum Gasteiger partial charge on any atom is -0.339 e. The fourth-order valence-corrected chi connectivity index (χ4v) is 3.16. The number of rotatable bonds is 4. The van der Waals surface area contributed by atoms with Gasteiger partial charge in [-0.05, 0) is 31.4 Å². The van der Waals surface area contributed by atoms with Gasteiger partial charge < -0.3 is 4.90 Å². The van der Waals surface area contributed by atoms with Gasteiger partial charge in [0.05, 0.1) is 6.42 Å². The van der Waals surface area contributed by atoms with Crippen molar-refractivity contribution in [2.45, 2.75) is 51.5 Å². The molecular formula is C17H22ClNO2. The number of likely N-dealkylation sites (tertiary alicyclic amines) is 1. The van der Waals surface area contributed by atoms with E-state index in [2.05, 4.69) is 0 Å². The van der Waals surface area contributed by atoms with Crippen molar-refractivity contribution in [1.82, 2.24) is 4.90 Å². The van der Waals surface area contributed by atoms with Crippen LogP contribution in [0.15, 0.2) is 24.3 Å². The number of amides is 1. The van der Waals surface area contributed by atoms with Crippen LogP contribution < -0.4 is 0 Å². The number of hydrogen-bond donors (Lipinski definition) is 0. The summed E-state index contributed by atoms with van der Waals surface area (Å²) in [6.07, 6.45) is 4.94. The second-order valence-electron chi connectivity index (χ2n) is 5.76. The van der Waals surface area contributed by atoms with E-state index in [1.165, 1.54) is 0 Å². The first kappa shape index (κ1) is 16.0. The number of halogens is 1. The summed E-state index contributed by atoms with van der Waals surface area (Å²) in [6, 6.07) is 7.50. The molecule has 1 saturated heterocycles. The van der Waals surface area contributed by atoms with Crippen LogP contribution in [0.25, 0.3) is 0 Å². The number of carbonyl (C=O) groups is 2. The maximum atomic E-state index is 12.6. The first-order valence-electron chi connectivity index (χ1n) is 7.60. The predicted octanol–water partition coefficient (Wildman–Crippen LogP) is 3.63. The SMILES string of the molecule is CC(=O)CC1CCCCCN1C(=O)Cc1ccccc1Cl. The molecule has 1 fully saturated rings. The third-order valence-electron chi connectivity index (χ3n) is 4.02. The van der Waals surface area contributed by atoms with E-state index in [1.54, 1.807) is 13.0 Å². The van der Waals surface area contributed by atoms with Gasteiger partial charge in [-0.15, -0.1) is 0 Å². The normalized spacial score (nSPS) is 19.1. The number of nitrogens with zero attached hydrogens (tertiary/aromatic N) is 1. The number of carbonyl (C=O) groups excluding carboxylic acids is 2. The van der Waals surface area contributed by atoms with Gasteiger partial charge in [0.1, 0.15) is 5.78 Å². The van der Waals surface area contributed by atoms with Crippen LogP contribution in [-0.2, 0) is 16.0 Å². The van der Waals surface area contributed by atoms with Crippen molar-refractivity contribution in [3.8, 4) is 0 Å². The Morgan fingerprint density at radius 1 is 1.24 bits per heavy atom. The summed E-state index contributed by atoms with van der Waals surface area (Å²) in [6.45, 7) is 2.35. The van der Waals surface area contributed by atoms with Crippen LogP contribution in [0.5, 0.6) is 0 Å². The lowest BCUT2D eigenvalue weighted by atomic mass is 10.0. The topological polar surface area (TPSA) is 37.4 Å². The average molecular weight is 308 g/mol. The molecule has 2 rings (SSSR count). The Labute approximate surface area is 131 Å². The summed E-state index contributed by atoms with van der Waals surface area (Å²) in [5.74, 6) is 0.230. The van der Waals surface area contributed by atoms with Crippen molar-refractivity contribution in [3.63, 3.8) is 0 Å². The first-order valence-corrected chi connectivity index (χ1v) is 7.98.